The van der Waals surface area contributed by atoms with Crippen molar-refractivity contribution in [3.05, 3.63) is 72.6 Å². The van der Waals surface area contributed by atoms with E-state index in [0.717, 1.165) is 39.0 Å². The molecule has 3 heteroatoms. The first-order valence-electron chi connectivity index (χ1n) is 9.89. The Hall–Kier alpha value is -1.84. The van der Waals surface area contributed by atoms with Crippen LogP contribution in [-0.4, -0.2) is 28.9 Å². The van der Waals surface area contributed by atoms with Gasteiger partial charge >= 0.3 is 0 Å². The molecule has 0 saturated carbocycles. The topological polar surface area (TPSA) is 29.6 Å². The molecular formula is C23H35N2O+. The minimum Gasteiger partial charge on any atom is -0.387 e. The van der Waals surface area contributed by atoms with Gasteiger partial charge in [-0.2, -0.15) is 0 Å². The van der Waals surface area contributed by atoms with Crippen molar-refractivity contribution in [1.29, 1.82) is 0 Å². The zero-order valence-electron chi connectivity index (χ0n) is 16.4. The lowest BCUT2D eigenvalue weighted by Gasteiger charge is -2.24. The molecule has 3 nitrogen and oxygen atoms in total. The summed E-state index contributed by atoms with van der Waals surface area (Å²) < 4.78 is 2.33. The fourth-order valence-electron chi connectivity index (χ4n) is 3.30. The van der Waals surface area contributed by atoms with Crippen LogP contribution >= 0.6 is 0 Å². The van der Waals surface area contributed by atoms with E-state index in [0.29, 0.717) is 5.92 Å². The molecule has 1 unspecified atom stereocenters. The lowest BCUT2D eigenvalue weighted by Crippen LogP contribution is -3.12. The molecule has 0 saturated heterocycles. The van der Waals surface area contributed by atoms with E-state index in [1.807, 2.05) is 6.08 Å². The number of aliphatic hydroxyl groups excluding tert-OH is 1. The average molecular weight is 356 g/mol. The molecule has 1 heterocycles. The highest BCUT2D eigenvalue weighted by atomic mass is 16.3. The van der Waals surface area contributed by atoms with Gasteiger partial charge in [0.2, 0.25) is 0 Å². The van der Waals surface area contributed by atoms with Crippen LogP contribution in [0.25, 0.3) is 0 Å². The van der Waals surface area contributed by atoms with Gasteiger partial charge in [0.1, 0.15) is 19.2 Å². The molecule has 1 aromatic carbocycles. The van der Waals surface area contributed by atoms with E-state index in [1.165, 1.54) is 22.6 Å². The molecule has 0 aliphatic rings. The Kier molecular flexibility index (Phi) is 8.66. The number of aliphatic hydroxyl groups is 1. The summed E-state index contributed by atoms with van der Waals surface area (Å²) >= 11 is 0. The van der Waals surface area contributed by atoms with Gasteiger partial charge < -0.3 is 14.6 Å². The predicted octanol–water partition coefficient (Wildman–Crippen LogP) is 3.29. The zero-order chi connectivity index (χ0) is 18.8. The number of quaternary nitrogens is 1. The summed E-state index contributed by atoms with van der Waals surface area (Å²) in [6, 6.07) is 14.9. The molecule has 1 aromatic heterocycles. The Labute approximate surface area is 159 Å². The molecule has 2 atom stereocenters. The second-order valence-electron chi connectivity index (χ2n) is 7.70. The average Bonchev–Trinajstić information content (AvgIpc) is 3.05. The van der Waals surface area contributed by atoms with Crippen LogP contribution in [0.4, 0.5) is 0 Å². The number of hydrogen-bond donors (Lipinski definition) is 2. The highest BCUT2D eigenvalue weighted by Crippen LogP contribution is 2.07. The summed E-state index contributed by atoms with van der Waals surface area (Å²) in [5, 5.41) is 10.4. The second-order valence-corrected chi connectivity index (χ2v) is 7.70. The fourth-order valence-corrected chi connectivity index (χ4v) is 3.30. The summed E-state index contributed by atoms with van der Waals surface area (Å²) in [6.07, 6.45) is 6.66. The van der Waals surface area contributed by atoms with Crippen molar-refractivity contribution >= 4 is 0 Å². The standard InChI is InChI=1S/C23H34N2O/c1-4-5-13-23(26)19-24(16-14-20(2)3)18-22-12-9-15-25(22)17-21-10-7-6-8-11-21/h4,6-12,15,20,23,26H,1,5,13-14,16-19H2,2-3H3/p+1/t23-/m1/s1. The Morgan fingerprint density at radius 2 is 1.88 bits per heavy atom. The lowest BCUT2D eigenvalue weighted by molar-refractivity contribution is -0.917. The van der Waals surface area contributed by atoms with Gasteiger partial charge in [-0.25, -0.2) is 0 Å². The number of nitrogens with one attached hydrogen (secondary N) is 1. The monoisotopic (exact) mass is 355 g/mol. The van der Waals surface area contributed by atoms with Gasteiger partial charge in [-0.15, -0.1) is 6.58 Å². The lowest BCUT2D eigenvalue weighted by atomic mass is 10.1. The van der Waals surface area contributed by atoms with Gasteiger partial charge in [0.25, 0.3) is 0 Å². The first-order chi connectivity index (χ1) is 12.6. The van der Waals surface area contributed by atoms with Crippen molar-refractivity contribution < 1.29 is 10.0 Å². The highest BCUT2D eigenvalue weighted by Gasteiger charge is 2.17. The van der Waals surface area contributed by atoms with Gasteiger partial charge in [0, 0.05) is 12.7 Å². The van der Waals surface area contributed by atoms with Crippen molar-refractivity contribution in [1.82, 2.24) is 4.57 Å². The van der Waals surface area contributed by atoms with Crippen LogP contribution in [0.1, 0.15) is 44.4 Å². The SMILES string of the molecule is C=CCC[C@@H](O)C[NH+](CCC(C)C)Cc1cccn1Cc1ccccc1. The molecular weight excluding hydrogens is 320 g/mol. The molecule has 0 aliphatic carbocycles. The first kappa shape index (κ1) is 20.5. The number of benzene rings is 1. The molecule has 142 valence electrons. The van der Waals surface area contributed by atoms with Crippen LogP contribution in [0.5, 0.6) is 0 Å². The normalized spacial score (nSPS) is 13.7. The first-order valence-corrected chi connectivity index (χ1v) is 9.89. The number of rotatable bonds is 12. The molecule has 26 heavy (non-hydrogen) atoms. The minimum atomic E-state index is -0.257. The van der Waals surface area contributed by atoms with Crippen molar-refractivity contribution in [3.8, 4) is 0 Å². The Morgan fingerprint density at radius 1 is 1.12 bits per heavy atom. The predicted molar refractivity (Wildman–Crippen MR) is 109 cm³/mol. The molecule has 2 N–H and O–H groups in total. The van der Waals surface area contributed by atoms with Crippen LogP contribution in [0.2, 0.25) is 0 Å². The van der Waals surface area contributed by atoms with Crippen LogP contribution in [0.15, 0.2) is 61.3 Å². The molecule has 0 radical (unpaired) electrons. The maximum atomic E-state index is 10.4. The summed E-state index contributed by atoms with van der Waals surface area (Å²) in [5.41, 5.74) is 2.66. The maximum Gasteiger partial charge on any atom is 0.118 e. The molecule has 0 bridgehead atoms. The third kappa shape index (κ3) is 7.19. The summed E-state index contributed by atoms with van der Waals surface area (Å²) in [5.74, 6) is 0.687. The molecule has 0 amide bonds. The largest absolute Gasteiger partial charge is 0.387 e. The van der Waals surface area contributed by atoms with E-state index in [4.69, 9.17) is 0 Å². The molecule has 0 fully saturated rings. The van der Waals surface area contributed by atoms with E-state index in [-0.39, 0.29) is 6.10 Å². The Balaban J connectivity index is 2.02. The Morgan fingerprint density at radius 3 is 2.58 bits per heavy atom. The molecule has 2 rings (SSSR count). The van der Waals surface area contributed by atoms with Gasteiger partial charge in [0.15, 0.2) is 0 Å². The quantitative estimate of drug-likeness (QED) is 0.562. The van der Waals surface area contributed by atoms with E-state index in [1.54, 1.807) is 0 Å². The summed E-state index contributed by atoms with van der Waals surface area (Å²) in [6.45, 7) is 12.1. The van der Waals surface area contributed by atoms with Crippen LogP contribution in [0.3, 0.4) is 0 Å². The number of nitrogens with zero attached hydrogens (tertiary/aromatic N) is 1. The number of aromatic nitrogens is 1. The van der Waals surface area contributed by atoms with Gasteiger partial charge in [-0.1, -0.05) is 50.3 Å². The molecule has 2 aromatic rings. The van der Waals surface area contributed by atoms with Crippen molar-refractivity contribution in [3.63, 3.8) is 0 Å². The van der Waals surface area contributed by atoms with Crippen molar-refractivity contribution in [2.24, 2.45) is 5.92 Å². The van der Waals surface area contributed by atoms with Gasteiger partial charge in [-0.3, -0.25) is 0 Å². The zero-order valence-corrected chi connectivity index (χ0v) is 16.4. The maximum absolute atomic E-state index is 10.4. The van der Waals surface area contributed by atoms with Crippen molar-refractivity contribution in [2.45, 2.75) is 52.3 Å². The van der Waals surface area contributed by atoms with Crippen LogP contribution in [-0.2, 0) is 13.1 Å². The fraction of sp³-hybridized carbons (Fsp3) is 0.478. The Bertz CT molecular complexity index is 633. The minimum absolute atomic E-state index is 0.257. The molecule has 0 aliphatic heterocycles. The molecule has 0 spiro atoms. The van der Waals surface area contributed by atoms with E-state index in [2.05, 4.69) is 73.7 Å². The van der Waals surface area contributed by atoms with E-state index in [9.17, 15) is 5.11 Å². The van der Waals surface area contributed by atoms with Gasteiger partial charge in [0.05, 0.1) is 12.2 Å². The summed E-state index contributed by atoms with van der Waals surface area (Å²) in [7, 11) is 0. The number of allylic oxidation sites excluding steroid dienone is 1. The van der Waals surface area contributed by atoms with Crippen molar-refractivity contribution in [2.75, 3.05) is 13.1 Å². The van der Waals surface area contributed by atoms with E-state index >= 15 is 0 Å². The smallest absolute Gasteiger partial charge is 0.118 e. The summed E-state index contributed by atoms with van der Waals surface area (Å²) in [4.78, 5) is 1.46. The third-order valence-electron chi connectivity index (χ3n) is 4.85. The second kappa shape index (κ2) is 11.0. The van der Waals surface area contributed by atoms with Crippen LogP contribution < -0.4 is 4.90 Å². The van der Waals surface area contributed by atoms with Crippen LogP contribution in [0, 0.1) is 5.92 Å². The van der Waals surface area contributed by atoms with Gasteiger partial charge in [-0.05, 0) is 42.9 Å². The highest BCUT2D eigenvalue weighted by molar-refractivity contribution is 5.17. The number of hydrogen-bond acceptors (Lipinski definition) is 1. The van der Waals surface area contributed by atoms with E-state index < -0.39 is 0 Å². The third-order valence-corrected chi connectivity index (χ3v) is 4.85.